The van der Waals surface area contributed by atoms with E-state index in [1.54, 1.807) is 6.07 Å². The van der Waals surface area contributed by atoms with Gasteiger partial charge in [-0.2, -0.15) is 0 Å². The zero-order chi connectivity index (χ0) is 17.1. The molecule has 0 bridgehead atoms. The standard InChI is InChI=1S/C18H19ClFN3O/c1-11-12-4-2-7-16(12)23-17(22-11)8-9-21-18(24)10-13-14(19)5-3-6-15(13)20/h3,5-6H,2,4,7-10H2,1H3,(H,21,24). The predicted octanol–water partition coefficient (Wildman–Crippen LogP) is 2.97. The van der Waals surface area contributed by atoms with Gasteiger partial charge < -0.3 is 5.32 Å². The summed E-state index contributed by atoms with van der Waals surface area (Å²) in [7, 11) is 0. The molecule has 6 heteroatoms. The van der Waals surface area contributed by atoms with Crippen LogP contribution in [0.3, 0.4) is 0 Å². The molecule has 1 aliphatic rings. The van der Waals surface area contributed by atoms with Crippen molar-refractivity contribution >= 4 is 17.5 Å². The first kappa shape index (κ1) is 16.8. The average Bonchev–Trinajstić information content (AvgIpc) is 3.00. The van der Waals surface area contributed by atoms with Crippen LogP contribution in [0.5, 0.6) is 0 Å². The number of aromatic nitrogens is 2. The molecular formula is C18H19ClFN3O. The second-order valence-electron chi connectivity index (χ2n) is 5.98. The molecule has 1 amide bonds. The fourth-order valence-electron chi connectivity index (χ4n) is 3.03. The van der Waals surface area contributed by atoms with Crippen LogP contribution in [0.2, 0.25) is 5.02 Å². The summed E-state index contributed by atoms with van der Waals surface area (Å²) in [6, 6.07) is 4.40. The van der Waals surface area contributed by atoms with Crippen LogP contribution in [-0.2, 0) is 30.5 Å². The first-order chi connectivity index (χ1) is 11.5. The van der Waals surface area contributed by atoms with Gasteiger partial charge in [0.25, 0.3) is 0 Å². The van der Waals surface area contributed by atoms with Crippen LogP contribution in [0.15, 0.2) is 18.2 Å². The summed E-state index contributed by atoms with van der Waals surface area (Å²) in [5.74, 6) is 0.0208. The molecule has 1 N–H and O–H groups in total. The number of aryl methyl sites for hydroxylation is 2. The maximum absolute atomic E-state index is 13.7. The van der Waals surface area contributed by atoms with Gasteiger partial charge in [-0.05, 0) is 43.9 Å². The van der Waals surface area contributed by atoms with E-state index in [2.05, 4.69) is 15.3 Å². The minimum Gasteiger partial charge on any atom is -0.355 e. The molecule has 0 saturated carbocycles. The normalized spacial score (nSPS) is 13.0. The molecule has 0 aliphatic heterocycles. The molecular weight excluding hydrogens is 329 g/mol. The lowest BCUT2D eigenvalue weighted by molar-refractivity contribution is -0.120. The van der Waals surface area contributed by atoms with Crippen molar-refractivity contribution in [2.24, 2.45) is 0 Å². The third kappa shape index (κ3) is 3.73. The van der Waals surface area contributed by atoms with E-state index in [1.807, 2.05) is 6.92 Å². The largest absolute Gasteiger partial charge is 0.355 e. The summed E-state index contributed by atoms with van der Waals surface area (Å²) < 4.78 is 13.7. The molecule has 1 aliphatic carbocycles. The van der Waals surface area contributed by atoms with Crippen LogP contribution < -0.4 is 5.32 Å². The Bertz CT molecular complexity index is 759. The average molecular weight is 348 g/mol. The zero-order valence-corrected chi connectivity index (χ0v) is 14.3. The molecule has 0 radical (unpaired) electrons. The van der Waals surface area contributed by atoms with E-state index in [0.29, 0.717) is 13.0 Å². The lowest BCUT2D eigenvalue weighted by Crippen LogP contribution is -2.28. The van der Waals surface area contributed by atoms with Gasteiger partial charge >= 0.3 is 0 Å². The second-order valence-corrected chi connectivity index (χ2v) is 6.39. The number of hydrogen-bond acceptors (Lipinski definition) is 3. The van der Waals surface area contributed by atoms with Crippen molar-refractivity contribution < 1.29 is 9.18 Å². The molecule has 4 nitrogen and oxygen atoms in total. The predicted molar refractivity (Wildman–Crippen MR) is 90.6 cm³/mol. The van der Waals surface area contributed by atoms with Crippen molar-refractivity contribution in [3.8, 4) is 0 Å². The van der Waals surface area contributed by atoms with Crippen molar-refractivity contribution in [3.63, 3.8) is 0 Å². The Labute approximate surface area is 145 Å². The summed E-state index contributed by atoms with van der Waals surface area (Å²) in [5, 5.41) is 3.04. The van der Waals surface area contributed by atoms with E-state index in [1.165, 1.54) is 17.7 Å². The second kappa shape index (κ2) is 7.26. The molecule has 0 atom stereocenters. The maximum Gasteiger partial charge on any atom is 0.224 e. The number of nitrogens with zero attached hydrogens (tertiary/aromatic N) is 2. The molecule has 1 aromatic heterocycles. The van der Waals surface area contributed by atoms with Crippen molar-refractivity contribution in [1.82, 2.24) is 15.3 Å². The highest BCUT2D eigenvalue weighted by atomic mass is 35.5. The fourth-order valence-corrected chi connectivity index (χ4v) is 3.26. The van der Waals surface area contributed by atoms with Gasteiger partial charge in [-0.25, -0.2) is 14.4 Å². The molecule has 2 aromatic rings. The van der Waals surface area contributed by atoms with Gasteiger partial charge in [0.1, 0.15) is 11.6 Å². The number of nitrogens with one attached hydrogen (secondary N) is 1. The third-order valence-corrected chi connectivity index (χ3v) is 4.61. The van der Waals surface area contributed by atoms with Crippen LogP contribution >= 0.6 is 11.6 Å². The highest BCUT2D eigenvalue weighted by Gasteiger charge is 2.17. The number of hydrogen-bond donors (Lipinski definition) is 1. The molecule has 1 aromatic carbocycles. The molecule has 0 unspecified atom stereocenters. The Hall–Kier alpha value is -2.01. The Morgan fingerprint density at radius 1 is 1.33 bits per heavy atom. The molecule has 1 heterocycles. The Morgan fingerprint density at radius 2 is 2.17 bits per heavy atom. The van der Waals surface area contributed by atoms with Gasteiger partial charge in [-0.1, -0.05) is 17.7 Å². The molecule has 24 heavy (non-hydrogen) atoms. The number of rotatable bonds is 5. The van der Waals surface area contributed by atoms with Crippen LogP contribution in [0.25, 0.3) is 0 Å². The number of carbonyl (C=O) groups excluding carboxylic acids is 1. The first-order valence-electron chi connectivity index (χ1n) is 8.09. The maximum atomic E-state index is 13.7. The van der Waals surface area contributed by atoms with Crippen molar-refractivity contribution in [3.05, 3.63) is 57.4 Å². The van der Waals surface area contributed by atoms with Gasteiger partial charge in [0.2, 0.25) is 5.91 Å². The van der Waals surface area contributed by atoms with Crippen LogP contribution in [0.4, 0.5) is 4.39 Å². The van der Waals surface area contributed by atoms with Crippen molar-refractivity contribution in [2.45, 2.75) is 39.0 Å². The zero-order valence-electron chi connectivity index (χ0n) is 13.5. The van der Waals surface area contributed by atoms with E-state index in [9.17, 15) is 9.18 Å². The SMILES string of the molecule is Cc1nc(CCNC(=O)Cc2c(F)cccc2Cl)nc2c1CCC2. The van der Waals surface area contributed by atoms with Crippen LogP contribution in [-0.4, -0.2) is 22.4 Å². The summed E-state index contributed by atoms with van der Waals surface area (Å²) >= 11 is 5.94. The number of fused-ring (bicyclic) bond motifs is 1. The highest BCUT2D eigenvalue weighted by molar-refractivity contribution is 6.31. The summed E-state index contributed by atoms with van der Waals surface area (Å²) in [4.78, 5) is 21.1. The van der Waals surface area contributed by atoms with Gasteiger partial charge in [-0.3, -0.25) is 4.79 Å². The van der Waals surface area contributed by atoms with Gasteiger partial charge in [0.05, 0.1) is 6.42 Å². The molecule has 126 valence electrons. The molecule has 0 saturated heterocycles. The van der Waals surface area contributed by atoms with Gasteiger partial charge in [-0.15, -0.1) is 0 Å². The molecule has 3 rings (SSSR count). The smallest absolute Gasteiger partial charge is 0.224 e. The summed E-state index contributed by atoms with van der Waals surface area (Å²) in [6.07, 6.45) is 3.68. The highest BCUT2D eigenvalue weighted by Crippen LogP contribution is 2.22. The number of halogens is 2. The Morgan fingerprint density at radius 3 is 2.96 bits per heavy atom. The number of carbonyl (C=O) groups is 1. The van der Waals surface area contributed by atoms with Crippen molar-refractivity contribution in [2.75, 3.05) is 6.54 Å². The van der Waals surface area contributed by atoms with E-state index < -0.39 is 5.82 Å². The molecule has 0 fully saturated rings. The lowest BCUT2D eigenvalue weighted by Gasteiger charge is -2.09. The van der Waals surface area contributed by atoms with E-state index in [-0.39, 0.29) is 22.9 Å². The fraction of sp³-hybridized carbons (Fsp3) is 0.389. The third-order valence-electron chi connectivity index (χ3n) is 4.26. The number of benzene rings is 1. The van der Waals surface area contributed by atoms with E-state index in [4.69, 9.17) is 11.6 Å². The minimum absolute atomic E-state index is 0.0738. The summed E-state index contributed by atoms with van der Waals surface area (Å²) in [6.45, 7) is 2.43. The van der Waals surface area contributed by atoms with E-state index in [0.717, 1.165) is 36.5 Å². The van der Waals surface area contributed by atoms with Gasteiger partial charge in [0, 0.05) is 34.9 Å². The first-order valence-corrected chi connectivity index (χ1v) is 8.47. The van der Waals surface area contributed by atoms with Crippen LogP contribution in [0, 0.1) is 12.7 Å². The van der Waals surface area contributed by atoms with Crippen LogP contribution in [0.1, 0.15) is 34.8 Å². The van der Waals surface area contributed by atoms with Gasteiger partial charge in [0.15, 0.2) is 0 Å². The number of amides is 1. The summed E-state index contributed by atoms with van der Waals surface area (Å²) in [5.41, 5.74) is 3.68. The minimum atomic E-state index is -0.463. The lowest BCUT2D eigenvalue weighted by atomic mass is 10.1. The monoisotopic (exact) mass is 347 g/mol. The Kier molecular flexibility index (Phi) is 5.09. The Balaban J connectivity index is 1.55. The van der Waals surface area contributed by atoms with Crippen molar-refractivity contribution in [1.29, 1.82) is 0 Å². The topological polar surface area (TPSA) is 54.9 Å². The van der Waals surface area contributed by atoms with E-state index >= 15 is 0 Å². The quantitative estimate of drug-likeness (QED) is 0.904. The molecule has 0 spiro atoms.